The van der Waals surface area contributed by atoms with Crippen molar-refractivity contribution in [2.45, 2.75) is 18.4 Å². The molecule has 2 aliphatic heterocycles. The molecule has 2 aliphatic rings. The van der Waals surface area contributed by atoms with Gasteiger partial charge in [0.25, 0.3) is 5.91 Å². The minimum Gasteiger partial charge on any atom is -0.475 e. The van der Waals surface area contributed by atoms with E-state index in [0.29, 0.717) is 31.3 Å². The molecule has 2 aromatic heterocycles. The molecule has 0 bridgehead atoms. The van der Waals surface area contributed by atoms with Gasteiger partial charge in [0.1, 0.15) is 12.0 Å². The molecule has 0 aromatic carbocycles. The molecule has 8 heteroatoms. The van der Waals surface area contributed by atoms with Crippen molar-refractivity contribution in [2.24, 2.45) is 5.92 Å². The minimum atomic E-state index is -0.439. The fourth-order valence-electron chi connectivity index (χ4n) is 3.98. The molecule has 27 heavy (non-hydrogen) atoms. The first-order valence-electron chi connectivity index (χ1n) is 9.07. The second kappa shape index (κ2) is 7.19. The van der Waals surface area contributed by atoms with Crippen LogP contribution < -0.4 is 4.74 Å². The standard InChI is InChI=1S/C19H22FN5O2/c1-24-8-5-14(10-27-17-15(20)3-2-6-22-17)9-19(24)11-25(12-19)18(26)16-4-7-21-13-23-16/h2-4,6-7,13-14H,5,8-12H2,1H3/t14-/m1/s1. The normalized spacial score (nSPS) is 21.7. The van der Waals surface area contributed by atoms with E-state index in [1.54, 1.807) is 18.3 Å². The van der Waals surface area contributed by atoms with Crippen molar-refractivity contribution in [1.29, 1.82) is 0 Å². The molecule has 4 heterocycles. The number of nitrogens with zero attached hydrogens (tertiary/aromatic N) is 5. The molecule has 142 valence electrons. The van der Waals surface area contributed by atoms with Gasteiger partial charge < -0.3 is 9.64 Å². The summed E-state index contributed by atoms with van der Waals surface area (Å²) >= 11 is 0. The van der Waals surface area contributed by atoms with Gasteiger partial charge in [0, 0.05) is 25.5 Å². The van der Waals surface area contributed by atoms with Crippen LogP contribution in [0.5, 0.6) is 5.88 Å². The fraction of sp³-hybridized carbons (Fsp3) is 0.474. The third kappa shape index (κ3) is 3.49. The van der Waals surface area contributed by atoms with E-state index < -0.39 is 5.82 Å². The van der Waals surface area contributed by atoms with E-state index in [0.717, 1.165) is 19.4 Å². The number of hydrogen-bond donors (Lipinski definition) is 0. The summed E-state index contributed by atoms with van der Waals surface area (Å²) in [5.41, 5.74) is 0.376. The van der Waals surface area contributed by atoms with Gasteiger partial charge in [-0.25, -0.2) is 19.3 Å². The lowest BCUT2D eigenvalue weighted by Crippen LogP contribution is -2.72. The van der Waals surface area contributed by atoms with Gasteiger partial charge in [0.05, 0.1) is 12.1 Å². The highest BCUT2D eigenvalue weighted by molar-refractivity contribution is 5.93. The Balaban J connectivity index is 1.36. The molecule has 7 nitrogen and oxygen atoms in total. The highest BCUT2D eigenvalue weighted by Crippen LogP contribution is 2.38. The summed E-state index contributed by atoms with van der Waals surface area (Å²) in [6.07, 6.45) is 6.38. The molecule has 4 rings (SSSR count). The molecule has 2 fully saturated rings. The topological polar surface area (TPSA) is 71.5 Å². The summed E-state index contributed by atoms with van der Waals surface area (Å²) in [5.74, 6) is -0.144. The Bertz CT molecular complexity index is 813. The number of aromatic nitrogens is 3. The summed E-state index contributed by atoms with van der Waals surface area (Å²) in [4.78, 5) is 28.5. The lowest BCUT2D eigenvalue weighted by molar-refractivity contribution is -0.0698. The molecular formula is C19H22FN5O2. The Morgan fingerprint density at radius 1 is 1.33 bits per heavy atom. The average Bonchev–Trinajstić information content (AvgIpc) is 2.67. The van der Waals surface area contributed by atoms with E-state index >= 15 is 0 Å². The molecule has 0 aliphatic carbocycles. The molecule has 2 saturated heterocycles. The predicted molar refractivity (Wildman–Crippen MR) is 95.7 cm³/mol. The Morgan fingerprint density at radius 2 is 2.19 bits per heavy atom. The maximum atomic E-state index is 13.7. The van der Waals surface area contributed by atoms with Crippen LogP contribution in [-0.4, -0.2) is 69.5 Å². The number of pyridine rings is 1. The van der Waals surface area contributed by atoms with Crippen molar-refractivity contribution < 1.29 is 13.9 Å². The third-order valence-corrected chi connectivity index (χ3v) is 5.59. The summed E-state index contributed by atoms with van der Waals surface area (Å²) < 4.78 is 19.3. The highest BCUT2D eigenvalue weighted by Gasteiger charge is 2.51. The van der Waals surface area contributed by atoms with Gasteiger partial charge in [-0.15, -0.1) is 0 Å². The fourth-order valence-corrected chi connectivity index (χ4v) is 3.98. The van der Waals surface area contributed by atoms with E-state index in [1.807, 2.05) is 4.90 Å². The van der Waals surface area contributed by atoms with Gasteiger partial charge in [-0.2, -0.15) is 0 Å². The van der Waals surface area contributed by atoms with E-state index in [9.17, 15) is 9.18 Å². The summed E-state index contributed by atoms with van der Waals surface area (Å²) in [6.45, 7) is 2.69. The van der Waals surface area contributed by atoms with Gasteiger partial charge in [0.15, 0.2) is 5.82 Å². The molecule has 0 N–H and O–H groups in total. The Morgan fingerprint density at radius 3 is 2.93 bits per heavy atom. The number of likely N-dealkylation sites (tertiary alicyclic amines) is 2. The summed E-state index contributed by atoms with van der Waals surface area (Å²) in [6, 6.07) is 4.53. The van der Waals surface area contributed by atoms with Crippen LogP contribution in [-0.2, 0) is 0 Å². The van der Waals surface area contributed by atoms with Crippen LogP contribution in [0.1, 0.15) is 23.3 Å². The van der Waals surface area contributed by atoms with Gasteiger partial charge >= 0.3 is 0 Å². The molecule has 1 spiro atoms. The summed E-state index contributed by atoms with van der Waals surface area (Å²) in [5, 5.41) is 0. The zero-order valence-corrected chi connectivity index (χ0v) is 15.2. The molecular weight excluding hydrogens is 349 g/mol. The second-order valence-electron chi connectivity index (χ2n) is 7.36. The van der Waals surface area contributed by atoms with Gasteiger partial charge in [-0.1, -0.05) is 0 Å². The van der Waals surface area contributed by atoms with Crippen LogP contribution in [0.25, 0.3) is 0 Å². The van der Waals surface area contributed by atoms with Gasteiger partial charge in [0.2, 0.25) is 5.88 Å². The first kappa shape index (κ1) is 17.8. The second-order valence-corrected chi connectivity index (χ2v) is 7.36. The predicted octanol–water partition coefficient (Wildman–Crippen LogP) is 1.63. The Labute approximate surface area is 157 Å². The van der Waals surface area contributed by atoms with E-state index in [4.69, 9.17) is 4.74 Å². The number of rotatable bonds is 4. The number of amides is 1. The maximum Gasteiger partial charge on any atom is 0.272 e. The monoisotopic (exact) mass is 371 g/mol. The first-order chi connectivity index (χ1) is 13.1. The lowest BCUT2D eigenvalue weighted by Gasteiger charge is -2.58. The van der Waals surface area contributed by atoms with Crippen LogP contribution in [0.3, 0.4) is 0 Å². The number of halogens is 1. The third-order valence-electron chi connectivity index (χ3n) is 5.59. The van der Waals surface area contributed by atoms with Crippen molar-refractivity contribution >= 4 is 5.91 Å². The number of ether oxygens (including phenoxy) is 1. The summed E-state index contributed by atoms with van der Waals surface area (Å²) in [7, 11) is 2.10. The van der Waals surface area contributed by atoms with E-state index in [1.165, 1.54) is 18.6 Å². The first-order valence-corrected chi connectivity index (χ1v) is 9.07. The number of piperidine rings is 1. The van der Waals surface area contributed by atoms with Crippen molar-refractivity contribution in [3.63, 3.8) is 0 Å². The van der Waals surface area contributed by atoms with E-state index in [-0.39, 0.29) is 17.3 Å². The van der Waals surface area contributed by atoms with Gasteiger partial charge in [-0.3, -0.25) is 9.69 Å². The van der Waals surface area contributed by atoms with Crippen molar-refractivity contribution in [2.75, 3.05) is 33.3 Å². The van der Waals surface area contributed by atoms with Crippen LogP contribution in [0, 0.1) is 11.7 Å². The van der Waals surface area contributed by atoms with Crippen LogP contribution in [0.4, 0.5) is 4.39 Å². The largest absolute Gasteiger partial charge is 0.475 e. The smallest absolute Gasteiger partial charge is 0.272 e. The lowest BCUT2D eigenvalue weighted by atomic mass is 9.75. The van der Waals surface area contributed by atoms with Crippen LogP contribution >= 0.6 is 0 Å². The highest BCUT2D eigenvalue weighted by atomic mass is 19.1. The number of carbonyl (C=O) groups excluding carboxylic acids is 1. The maximum absolute atomic E-state index is 13.7. The van der Waals surface area contributed by atoms with Gasteiger partial charge in [-0.05, 0) is 50.6 Å². The number of hydrogen-bond acceptors (Lipinski definition) is 6. The Hall–Kier alpha value is -2.61. The minimum absolute atomic E-state index is 0.0440. The molecule has 0 radical (unpaired) electrons. The molecule has 1 atom stereocenters. The average molecular weight is 371 g/mol. The van der Waals surface area contributed by atoms with Crippen molar-refractivity contribution in [3.05, 3.63) is 48.4 Å². The molecule has 0 saturated carbocycles. The SMILES string of the molecule is CN1CC[C@@H](COc2ncccc2F)CC12CN(C(=O)c1ccncn1)C2. The van der Waals surface area contributed by atoms with Crippen LogP contribution in [0.15, 0.2) is 36.9 Å². The zero-order valence-electron chi connectivity index (χ0n) is 15.2. The molecule has 1 amide bonds. The van der Waals surface area contributed by atoms with E-state index in [2.05, 4.69) is 26.9 Å². The Kier molecular flexibility index (Phi) is 4.73. The van der Waals surface area contributed by atoms with Crippen molar-refractivity contribution in [3.8, 4) is 5.88 Å². The molecule has 2 aromatic rings. The van der Waals surface area contributed by atoms with Crippen LogP contribution in [0.2, 0.25) is 0 Å². The number of likely N-dealkylation sites (N-methyl/N-ethyl adjacent to an activating group) is 1. The number of carbonyl (C=O) groups is 1. The van der Waals surface area contributed by atoms with Crippen molar-refractivity contribution in [1.82, 2.24) is 24.8 Å². The molecule has 0 unspecified atom stereocenters. The zero-order chi connectivity index (χ0) is 18.9. The quantitative estimate of drug-likeness (QED) is 0.814.